The molecule has 0 aliphatic rings. The number of amides is 2. The van der Waals surface area contributed by atoms with Crippen LogP contribution in [0.4, 0.5) is 4.79 Å². The van der Waals surface area contributed by atoms with Crippen LogP contribution in [0.2, 0.25) is 0 Å². The van der Waals surface area contributed by atoms with Crippen LogP contribution in [0.25, 0.3) is 0 Å². The SMILES string of the molecule is CCC(C)(NC(=O)NCCc1ncn[nH]1)C(=O)O. The Kier molecular flexibility index (Phi) is 4.64. The fourth-order valence-corrected chi connectivity index (χ4v) is 1.23. The summed E-state index contributed by atoms with van der Waals surface area (Å²) >= 11 is 0. The van der Waals surface area contributed by atoms with Crippen molar-refractivity contribution >= 4 is 12.0 Å². The van der Waals surface area contributed by atoms with E-state index < -0.39 is 17.5 Å². The van der Waals surface area contributed by atoms with Gasteiger partial charge >= 0.3 is 12.0 Å². The van der Waals surface area contributed by atoms with Crippen LogP contribution in [0.15, 0.2) is 6.33 Å². The standard InChI is InChI=1S/C10H17N5O3/c1-3-10(2,8(16)17)14-9(18)11-5-4-7-12-6-13-15-7/h6H,3-5H2,1-2H3,(H,16,17)(H2,11,14,18)(H,12,13,15). The molecule has 4 N–H and O–H groups in total. The Hall–Kier alpha value is -2.12. The van der Waals surface area contributed by atoms with E-state index in [1.807, 2.05) is 0 Å². The van der Waals surface area contributed by atoms with E-state index in [0.29, 0.717) is 25.2 Å². The van der Waals surface area contributed by atoms with Crippen LogP contribution in [-0.4, -0.2) is 44.4 Å². The Labute approximate surface area is 104 Å². The molecule has 1 atom stereocenters. The highest BCUT2D eigenvalue weighted by atomic mass is 16.4. The fraction of sp³-hybridized carbons (Fsp3) is 0.600. The van der Waals surface area contributed by atoms with Crippen molar-refractivity contribution < 1.29 is 14.7 Å². The summed E-state index contributed by atoms with van der Waals surface area (Å²) in [5.41, 5.74) is -1.25. The van der Waals surface area contributed by atoms with Gasteiger partial charge in [-0.3, -0.25) is 5.10 Å². The number of rotatable bonds is 6. The Balaban J connectivity index is 2.35. The van der Waals surface area contributed by atoms with Gasteiger partial charge in [-0.15, -0.1) is 0 Å². The zero-order valence-corrected chi connectivity index (χ0v) is 10.4. The first-order valence-electron chi connectivity index (χ1n) is 5.61. The smallest absolute Gasteiger partial charge is 0.329 e. The van der Waals surface area contributed by atoms with Gasteiger partial charge in [0.2, 0.25) is 0 Å². The van der Waals surface area contributed by atoms with E-state index in [2.05, 4.69) is 25.8 Å². The van der Waals surface area contributed by atoms with Gasteiger partial charge in [-0.1, -0.05) is 6.92 Å². The molecule has 2 amide bonds. The number of hydrogen-bond acceptors (Lipinski definition) is 4. The van der Waals surface area contributed by atoms with E-state index in [1.165, 1.54) is 13.3 Å². The lowest BCUT2D eigenvalue weighted by molar-refractivity contribution is -0.143. The summed E-state index contributed by atoms with van der Waals surface area (Å²) in [5, 5.41) is 20.3. The van der Waals surface area contributed by atoms with Crippen LogP contribution < -0.4 is 10.6 Å². The molecule has 0 aliphatic carbocycles. The molecular weight excluding hydrogens is 238 g/mol. The number of urea groups is 1. The number of carbonyl (C=O) groups is 2. The van der Waals surface area contributed by atoms with Crippen molar-refractivity contribution in [2.45, 2.75) is 32.2 Å². The van der Waals surface area contributed by atoms with Gasteiger partial charge in [-0.05, 0) is 13.3 Å². The summed E-state index contributed by atoms with van der Waals surface area (Å²) in [6, 6.07) is -0.513. The minimum atomic E-state index is -1.25. The highest BCUT2D eigenvalue weighted by molar-refractivity contribution is 5.85. The Morgan fingerprint density at radius 3 is 2.78 bits per heavy atom. The number of nitrogens with one attached hydrogen (secondary N) is 3. The first-order chi connectivity index (χ1) is 8.48. The zero-order valence-electron chi connectivity index (χ0n) is 10.4. The van der Waals surface area contributed by atoms with Crippen LogP contribution in [0.1, 0.15) is 26.1 Å². The van der Waals surface area contributed by atoms with E-state index in [4.69, 9.17) is 5.11 Å². The lowest BCUT2D eigenvalue weighted by Crippen LogP contribution is -2.55. The topological polar surface area (TPSA) is 120 Å². The van der Waals surface area contributed by atoms with Gasteiger partial charge in [-0.2, -0.15) is 5.10 Å². The monoisotopic (exact) mass is 255 g/mol. The molecule has 0 radical (unpaired) electrons. The molecular formula is C10H17N5O3. The second-order valence-corrected chi connectivity index (χ2v) is 4.05. The summed E-state index contributed by atoms with van der Waals surface area (Å²) < 4.78 is 0. The third-order valence-electron chi connectivity index (χ3n) is 2.68. The average molecular weight is 255 g/mol. The quantitative estimate of drug-likeness (QED) is 0.565. The van der Waals surface area contributed by atoms with Gasteiger partial charge in [0.1, 0.15) is 17.7 Å². The molecule has 0 saturated heterocycles. The predicted octanol–water partition coefficient (Wildman–Crippen LogP) is -0.100. The number of carboxylic acids is 1. The highest BCUT2D eigenvalue weighted by Gasteiger charge is 2.32. The molecule has 0 aliphatic heterocycles. The van der Waals surface area contributed by atoms with Crippen molar-refractivity contribution in [2.75, 3.05) is 6.54 Å². The molecule has 0 aromatic carbocycles. The second-order valence-electron chi connectivity index (χ2n) is 4.05. The van der Waals surface area contributed by atoms with E-state index in [9.17, 15) is 9.59 Å². The first kappa shape index (κ1) is 13.9. The van der Waals surface area contributed by atoms with Gasteiger partial charge < -0.3 is 15.7 Å². The molecule has 0 bridgehead atoms. The number of nitrogens with zero attached hydrogens (tertiary/aromatic N) is 2. The van der Waals surface area contributed by atoms with Gasteiger partial charge in [-0.25, -0.2) is 14.6 Å². The van der Waals surface area contributed by atoms with E-state index in [1.54, 1.807) is 6.92 Å². The Bertz CT molecular complexity index is 406. The molecule has 100 valence electrons. The van der Waals surface area contributed by atoms with E-state index in [-0.39, 0.29) is 0 Å². The van der Waals surface area contributed by atoms with Crippen LogP contribution in [0, 0.1) is 0 Å². The minimum Gasteiger partial charge on any atom is -0.480 e. The zero-order chi connectivity index (χ0) is 13.6. The van der Waals surface area contributed by atoms with Crippen molar-refractivity contribution in [3.05, 3.63) is 12.2 Å². The predicted molar refractivity (Wildman–Crippen MR) is 63.0 cm³/mol. The van der Waals surface area contributed by atoms with Crippen molar-refractivity contribution in [1.82, 2.24) is 25.8 Å². The summed E-state index contributed by atoms with van der Waals surface area (Å²) in [7, 11) is 0. The Morgan fingerprint density at radius 2 is 2.28 bits per heavy atom. The number of carboxylic acid groups (broad SMARTS) is 1. The molecule has 1 rings (SSSR count). The van der Waals surface area contributed by atoms with Crippen molar-refractivity contribution in [3.63, 3.8) is 0 Å². The summed E-state index contributed by atoms with van der Waals surface area (Å²) in [6.07, 6.45) is 2.19. The van der Waals surface area contributed by atoms with Gasteiger partial charge in [0.05, 0.1) is 0 Å². The summed E-state index contributed by atoms with van der Waals surface area (Å²) in [5.74, 6) is -0.401. The fourth-order valence-electron chi connectivity index (χ4n) is 1.23. The minimum absolute atomic E-state index is 0.303. The first-order valence-corrected chi connectivity index (χ1v) is 5.61. The van der Waals surface area contributed by atoms with Crippen molar-refractivity contribution in [3.8, 4) is 0 Å². The van der Waals surface area contributed by atoms with Crippen LogP contribution in [0.5, 0.6) is 0 Å². The largest absolute Gasteiger partial charge is 0.480 e. The third kappa shape index (κ3) is 3.72. The van der Waals surface area contributed by atoms with Gasteiger partial charge in [0.25, 0.3) is 0 Å². The summed E-state index contributed by atoms with van der Waals surface area (Å²) in [4.78, 5) is 26.4. The average Bonchev–Trinajstić information content (AvgIpc) is 2.81. The second kappa shape index (κ2) is 5.99. The molecule has 1 aromatic heterocycles. The number of aliphatic carboxylic acids is 1. The molecule has 1 unspecified atom stereocenters. The highest BCUT2D eigenvalue weighted by Crippen LogP contribution is 2.08. The van der Waals surface area contributed by atoms with Crippen molar-refractivity contribution in [1.29, 1.82) is 0 Å². The number of aromatic nitrogens is 3. The maximum absolute atomic E-state index is 11.5. The third-order valence-corrected chi connectivity index (χ3v) is 2.68. The molecule has 1 aromatic rings. The lowest BCUT2D eigenvalue weighted by Gasteiger charge is -2.24. The molecule has 8 heteroatoms. The molecule has 1 heterocycles. The van der Waals surface area contributed by atoms with Crippen LogP contribution >= 0.6 is 0 Å². The molecule has 18 heavy (non-hydrogen) atoms. The van der Waals surface area contributed by atoms with Crippen molar-refractivity contribution in [2.24, 2.45) is 0 Å². The van der Waals surface area contributed by atoms with E-state index >= 15 is 0 Å². The number of H-pyrrole nitrogens is 1. The number of hydrogen-bond donors (Lipinski definition) is 4. The Morgan fingerprint density at radius 1 is 1.56 bits per heavy atom. The van der Waals surface area contributed by atoms with Crippen LogP contribution in [-0.2, 0) is 11.2 Å². The lowest BCUT2D eigenvalue weighted by atomic mass is 10.00. The molecule has 0 saturated carbocycles. The van der Waals surface area contributed by atoms with E-state index in [0.717, 1.165) is 0 Å². The normalized spacial score (nSPS) is 13.7. The molecule has 8 nitrogen and oxygen atoms in total. The van der Waals surface area contributed by atoms with Crippen LogP contribution in [0.3, 0.4) is 0 Å². The summed E-state index contributed by atoms with van der Waals surface area (Å²) in [6.45, 7) is 3.51. The molecule has 0 fully saturated rings. The van der Waals surface area contributed by atoms with Gasteiger partial charge in [0, 0.05) is 13.0 Å². The number of carbonyl (C=O) groups excluding carboxylic acids is 1. The maximum Gasteiger partial charge on any atom is 0.329 e. The van der Waals surface area contributed by atoms with Gasteiger partial charge in [0.15, 0.2) is 0 Å². The number of aromatic amines is 1. The molecule has 0 spiro atoms. The maximum atomic E-state index is 11.5.